The van der Waals surface area contributed by atoms with E-state index in [-0.39, 0.29) is 6.04 Å². The molecule has 2 heterocycles. The van der Waals surface area contributed by atoms with E-state index in [1.54, 1.807) is 8.61 Å². The van der Waals surface area contributed by atoms with Crippen LogP contribution in [0.5, 0.6) is 0 Å². The number of hydrogen-bond donors (Lipinski definition) is 0. The topological polar surface area (TPSA) is 40.6 Å². The lowest BCUT2D eigenvalue weighted by atomic mass is 9.98. The molecule has 2 saturated heterocycles. The predicted molar refractivity (Wildman–Crippen MR) is 88.8 cm³/mol. The molecule has 4 nitrogen and oxygen atoms in total. The molecule has 0 saturated carbocycles. The molecule has 1 aromatic carbocycles. The number of benzene rings is 1. The van der Waals surface area contributed by atoms with E-state index in [0.717, 1.165) is 44.9 Å². The summed E-state index contributed by atoms with van der Waals surface area (Å²) >= 11 is 0. The molecule has 0 amide bonds. The van der Waals surface area contributed by atoms with Crippen molar-refractivity contribution in [3.63, 3.8) is 0 Å². The molecule has 2 aliphatic rings. The van der Waals surface area contributed by atoms with Crippen molar-refractivity contribution >= 4 is 10.2 Å². The Morgan fingerprint density at radius 3 is 2.36 bits per heavy atom. The van der Waals surface area contributed by atoms with Gasteiger partial charge in [0, 0.05) is 25.7 Å². The Balaban J connectivity index is 1.68. The third kappa shape index (κ3) is 3.53. The maximum Gasteiger partial charge on any atom is 0.282 e. The fourth-order valence-electron chi connectivity index (χ4n) is 3.61. The second-order valence-electron chi connectivity index (χ2n) is 6.40. The molecule has 0 unspecified atom stereocenters. The third-order valence-electron chi connectivity index (χ3n) is 4.87. The minimum absolute atomic E-state index is 0.166. The molecule has 0 N–H and O–H groups in total. The van der Waals surface area contributed by atoms with Gasteiger partial charge in [-0.25, -0.2) is 0 Å². The molecule has 22 heavy (non-hydrogen) atoms. The van der Waals surface area contributed by atoms with E-state index < -0.39 is 10.2 Å². The van der Waals surface area contributed by atoms with Gasteiger partial charge in [0.1, 0.15) is 0 Å². The van der Waals surface area contributed by atoms with Crippen LogP contribution in [-0.4, -0.2) is 42.7 Å². The van der Waals surface area contributed by atoms with E-state index >= 15 is 0 Å². The summed E-state index contributed by atoms with van der Waals surface area (Å²) < 4.78 is 29.2. The second kappa shape index (κ2) is 7.11. The Kier molecular flexibility index (Phi) is 5.16. The summed E-state index contributed by atoms with van der Waals surface area (Å²) in [6.45, 7) is 2.09. The fraction of sp³-hybridized carbons (Fsp3) is 0.647. The molecular weight excluding hydrogens is 296 g/mol. The van der Waals surface area contributed by atoms with Gasteiger partial charge < -0.3 is 0 Å². The summed E-state index contributed by atoms with van der Waals surface area (Å²) in [5.41, 5.74) is 1.30. The first kappa shape index (κ1) is 16.0. The maximum atomic E-state index is 12.9. The minimum atomic E-state index is -3.25. The number of piperidine rings is 1. The van der Waals surface area contributed by atoms with Crippen molar-refractivity contribution in [2.24, 2.45) is 0 Å². The lowest BCUT2D eigenvalue weighted by Gasteiger charge is -2.37. The summed E-state index contributed by atoms with van der Waals surface area (Å²) in [7, 11) is -3.25. The normalized spacial score (nSPS) is 24.6. The SMILES string of the molecule is O=S(=O)(N1CCCC1)N1CCCC[C@H]1CCc1ccccc1. The van der Waals surface area contributed by atoms with Crippen LogP contribution in [0, 0.1) is 0 Å². The van der Waals surface area contributed by atoms with Gasteiger partial charge >= 0.3 is 0 Å². The molecule has 122 valence electrons. The molecule has 0 bridgehead atoms. The number of rotatable bonds is 5. The van der Waals surface area contributed by atoms with Gasteiger partial charge in [-0.15, -0.1) is 0 Å². The minimum Gasteiger partial charge on any atom is -0.195 e. The molecule has 1 aromatic rings. The average molecular weight is 322 g/mol. The van der Waals surface area contributed by atoms with Crippen molar-refractivity contribution in [1.82, 2.24) is 8.61 Å². The van der Waals surface area contributed by atoms with Gasteiger partial charge in [0.15, 0.2) is 0 Å². The van der Waals surface area contributed by atoms with E-state index in [9.17, 15) is 8.42 Å². The molecule has 0 spiro atoms. The van der Waals surface area contributed by atoms with Crippen LogP contribution in [0.15, 0.2) is 30.3 Å². The Morgan fingerprint density at radius 2 is 1.64 bits per heavy atom. The molecule has 0 aliphatic carbocycles. The summed E-state index contributed by atoms with van der Waals surface area (Å²) in [6, 6.07) is 10.5. The summed E-state index contributed by atoms with van der Waals surface area (Å²) in [5, 5.41) is 0. The zero-order chi connectivity index (χ0) is 15.4. The maximum absolute atomic E-state index is 12.9. The average Bonchev–Trinajstić information content (AvgIpc) is 3.09. The lowest BCUT2D eigenvalue weighted by Crippen LogP contribution is -2.50. The number of nitrogens with zero attached hydrogens (tertiary/aromatic N) is 2. The summed E-state index contributed by atoms with van der Waals surface area (Å²) in [4.78, 5) is 0. The van der Waals surface area contributed by atoms with Gasteiger partial charge in [0.2, 0.25) is 0 Å². The highest BCUT2D eigenvalue weighted by atomic mass is 32.2. The van der Waals surface area contributed by atoms with Gasteiger partial charge in [-0.1, -0.05) is 36.8 Å². The second-order valence-corrected chi connectivity index (χ2v) is 8.28. The Morgan fingerprint density at radius 1 is 0.955 bits per heavy atom. The quantitative estimate of drug-likeness (QED) is 0.836. The first-order valence-corrected chi connectivity index (χ1v) is 9.88. The third-order valence-corrected chi connectivity index (χ3v) is 6.96. The summed E-state index contributed by atoms with van der Waals surface area (Å²) in [5.74, 6) is 0. The molecule has 1 atom stereocenters. The predicted octanol–water partition coefficient (Wildman–Crippen LogP) is 2.81. The van der Waals surface area contributed by atoms with Crippen molar-refractivity contribution < 1.29 is 8.42 Å². The van der Waals surface area contributed by atoms with Crippen molar-refractivity contribution in [3.05, 3.63) is 35.9 Å². The van der Waals surface area contributed by atoms with E-state index in [4.69, 9.17) is 0 Å². The van der Waals surface area contributed by atoms with Gasteiger partial charge in [-0.05, 0) is 44.1 Å². The molecule has 2 fully saturated rings. The van der Waals surface area contributed by atoms with Crippen LogP contribution in [0.2, 0.25) is 0 Å². The van der Waals surface area contributed by atoms with E-state index in [0.29, 0.717) is 19.6 Å². The highest BCUT2D eigenvalue weighted by Gasteiger charge is 2.37. The molecule has 5 heteroatoms. The lowest BCUT2D eigenvalue weighted by molar-refractivity contribution is 0.226. The zero-order valence-corrected chi connectivity index (χ0v) is 14.0. The molecule has 0 radical (unpaired) electrons. The van der Waals surface area contributed by atoms with Crippen molar-refractivity contribution in [1.29, 1.82) is 0 Å². The first-order chi connectivity index (χ1) is 10.7. The van der Waals surface area contributed by atoms with Gasteiger partial charge in [0.25, 0.3) is 10.2 Å². The van der Waals surface area contributed by atoms with Crippen LogP contribution in [0.1, 0.15) is 44.1 Å². The van der Waals surface area contributed by atoms with Crippen LogP contribution >= 0.6 is 0 Å². The van der Waals surface area contributed by atoms with Gasteiger partial charge in [-0.3, -0.25) is 0 Å². The van der Waals surface area contributed by atoms with Crippen LogP contribution < -0.4 is 0 Å². The van der Waals surface area contributed by atoms with Crippen LogP contribution in [0.4, 0.5) is 0 Å². The standard InChI is InChI=1S/C17H26N2O2S/c20-22(21,18-13-6-7-14-18)19-15-5-4-10-17(19)12-11-16-8-2-1-3-9-16/h1-3,8-9,17H,4-7,10-15H2/t17-/m0/s1. The largest absolute Gasteiger partial charge is 0.282 e. The van der Waals surface area contributed by atoms with E-state index in [1.165, 1.54) is 5.56 Å². The summed E-state index contributed by atoms with van der Waals surface area (Å²) in [6.07, 6.45) is 7.03. The van der Waals surface area contributed by atoms with Crippen LogP contribution in [0.25, 0.3) is 0 Å². The molecular formula is C17H26N2O2S. The first-order valence-electron chi connectivity index (χ1n) is 8.49. The molecule has 0 aromatic heterocycles. The number of aryl methyl sites for hydroxylation is 1. The number of hydrogen-bond acceptors (Lipinski definition) is 2. The van der Waals surface area contributed by atoms with Crippen LogP contribution in [-0.2, 0) is 16.6 Å². The highest BCUT2D eigenvalue weighted by Crippen LogP contribution is 2.27. The zero-order valence-electron chi connectivity index (χ0n) is 13.2. The van der Waals surface area contributed by atoms with Gasteiger partial charge in [0.05, 0.1) is 0 Å². The van der Waals surface area contributed by atoms with Crippen LogP contribution in [0.3, 0.4) is 0 Å². The van der Waals surface area contributed by atoms with E-state index in [1.807, 2.05) is 6.07 Å². The smallest absolute Gasteiger partial charge is 0.195 e. The molecule has 2 aliphatic heterocycles. The van der Waals surface area contributed by atoms with E-state index in [2.05, 4.69) is 24.3 Å². The highest BCUT2D eigenvalue weighted by molar-refractivity contribution is 7.86. The van der Waals surface area contributed by atoms with Gasteiger partial charge in [-0.2, -0.15) is 17.0 Å². The Labute approximate surface area is 134 Å². The van der Waals surface area contributed by atoms with Crippen molar-refractivity contribution in [2.45, 2.75) is 51.0 Å². The Hall–Kier alpha value is -0.910. The fourth-order valence-corrected chi connectivity index (χ4v) is 5.58. The molecule has 3 rings (SSSR count). The monoisotopic (exact) mass is 322 g/mol. The van der Waals surface area contributed by atoms with Crippen molar-refractivity contribution in [3.8, 4) is 0 Å². The van der Waals surface area contributed by atoms with Crippen molar-refractivity contribution in [2.75, 3.05) is 19.6 Å². The Bertz CT molecular complexity index is 568.